The number of fused-ring (bicyclic) bond motifs is 1. The fourth-order valence-electron chi connectivity index (χ4n) is 3.49. The molecule has 1 aliphatic rings. The van der Waals surface area contributed by atoms with Crippen molar-refractivity contribution < 1.29 is 4.79 Å². The molecule has 1 nitrogen and oxygen atoms in total. The van der Waals surface area contributed by atoms with E-state index in [0.717, 1.165) is 22.3 Å². The molecule has 3 aromatic carbocycles. The largest absolute Gasteiger partial charge is 0.298 e. The molecule has 0 amide bonds. The van der Waals surface area contributed by atoms with E-state index in [9.17, 15) is 4.79 Å². The lowest BCUT2D eigenvalue weighted by atomic mass is 9.89. The van der Waals surface area contributed by atoms with Crippen LogP contribution in [0.4, 0.5) is 0 Å². The molecule has 1 heteroatoms. The van der Waals surface area contributed by atoms with Gasteiger partial charge in [0.05, 0.1) is 11.8 Å². The third kappa shape index (κ3) is 1.98. The summed E-state index contributed by atoms with van der Waals surface area (Å²) < 4.78 is 0. The minimum Gasteiger partial charge on any atom is -0.298 e. The monoisotopic (exact) mass is 284 g/mol. The molecule has 0 aliphatic heterocycles. The molecule has 106 valence electrons. The first-order chi connectivity index (χ1) is 10.9. The molecule has 3 aromatic rings. The second-order valence-electron chi connectivity index (χ2n) is 5.72. The van der Waals surface area contributed by atoms with Gasteiger partial charge in [-0.05, 0) is 22.3 Å². The van der Waals surface area contributed by atoms with Crippen LogP contribution in [0, 0.1) is 0 Å². The van der Waals surface area contributed by atoms with E-state index in [2.05, 4.69) is 12.1 Å². The highest BCUT2D eigenvalue weighted by Crippen LogP contribution is 2.45. The first-order valence-electron chi connectivity index (χ1n) is 7.58. The van der Waals surface area contributed by atoms with Crippen LogP contribution in [-0.4, -0.2) is 5.78 Å². The normalized spacial score (nSPS) is 19.9. The first kappa shape index (κ1) is 13.0. The Hall–Kier alpha value is -2.67. The molecule has 0 bridgehead atoms. The van der Waals surface area contributed by atoms with Gasteiger partial charge in [0, 0.05) is 0 Å². The summed E-state index contributed by atoms with van der Waals surface area (Å²) in [5.41, 5.74) is 4.46. The lowest BCUT2D eigenvalue weighted by molar-refractivity contribution is -0.119. The van der Waals surface area contributed by atoms with Crippen LogP contribution >= 0.6 is 0 Å². The van der Waals surface area contributed by atoms with E-state index < -0.39 is 0 Å². The van der Waals surface area contributed by atoms with Crippen molar-refractivity contribution >= 4 is 5.78 Å². The number of carbonyl (C=O) groups is 1. The summed E-state index contributed by atoms with van der Waals surface area (Å²) in [4.78, 5) is 13.2. The molecular formula is C21H16O. The van der Waals surface area contributed by atoms with Gasteiger partial charge in [0.1, 0.15) is 0 Å². The Morgan fingerprint density at radius 2 is 0.864 bits per heavy atom. The smallest absolute Gasteiger partial charge is 0.156 e. The number of hydrogen-bond acceptors (Lipinski definition) is 1. The second-order valence-corrected chi connectivity index (χ2v) is 5.72. The molecule has 1 aliphatic carbocycles. The number of ketones is 1. The maximum absolute atomic E-state index is 13.2. The second kappa shape index (κ2) is 5.27. The van der Waals surface area contributed by atoms with Crippen molar-refractivity contribution in [3.63, 3.8) is 0 Å². The van der Waals surface area contributed by atoms with Crippen LogP contribution in [0.15, 0.2) is 84.9 Å². The molecule has 2 atom stereocenters. The molecule has 0 fully saturated rings. The quantitative estimate of drug-likeness (QED) is 0.675. The van der Waals surface area contributed by atoms with Crippen LogP contribution in [0.2, 0.25) is 0 Å². The standard InChI is InChI=1S/C21H16O/c22-21-19(15-9-3-1-4-10-15)17-13-7-8-14-18(17)20(21)16-11-5-2-6-12-16/h1-14,19-20H. The van der Waals surface area contributed by atoms with E-state index in [1.165, 1.54) is 0 Å². The topological polar surface area (TPSA) is 17.1 Å². The first-order valence-corrected chi connectivity index (χ1v) is 7.58. The molecule has 4 rings (SSSR count). The Kier molecular flexibility index (Phi) is 3.12. The van der Waals surface area contributed by atoms with Gasteiger partial charge in [-0.1, -0.05) is 84.9 Å². The number of hydrogen-bond donors (Lipinski definition) is 0. The van der Waals surface area contributed by atoms with Gasteiger partial charge in [-0.15, -0.1) is 0 Å². The molecule has 0 aromatic heterocycles. The van der Waals surface area contributed by atoms with Crippen LogP contribution in [-0.2, 0) is 4.79 Å². The Bertz CT molecular complexity index is 737. The molecular weight excluding hydrogens is 268 g/mol. The molecule has 0 N–H and O–H groups in total. The van der Waals surface area contributed by atoms with Crippen LogP contribution in [0.1, 0.15) is 34.1 Å². The van der Waals surface area contributed by atoms with E-state index in [-0.39, 0.29) is 17.6 Å². The van der Waals surface area contributed by atoms with Crippen molar-refractivity contribution in [1.82, 2.24) is 0 Å². The highest BCUT2D eigenvalue weighted by molar-refractivity contribution is 6.01. The van der Waals surface area contributed by atoms with Crippen molar-refractivity contribution in [3.05, 3.63) is 107 Å². The minimum atomic E-state index is -0.150. The van der Waals surface area contributed by atoms with Crippen LogP contribution < -0.4 is 0 Å². The van der Waals surface area contributed by atoms with Crippen molar-refractivity contribution in [1.29, 1.82) is 0 Å². The Morgan fingerprint density at radius 3 is 1.27 bits per heavy atom. The average molecular weight is 284 g/mol. The van der Waals surface area contributed by atoms with Gasteiger partial charge >= 0.3 is 0 Å². The van der Waals surface area contributed by atoms with Crippen molar-refractivity contribution in [2.24, 2.45) is 0 Å². The van der Waals surface area contributed by atoms with E-state index >= 15 is 0 Å². The van der Waals surface area contributed by atoms with Crippen molar-refractivity contribution in [3.8, 4) is 0 Å². The fourth-order valence-corrected chi connectivity index (χ4v) is 3.49. The van der Waals surface area contributed by atoms with Crippen molar-refractivity contribution in [2.45, 2.75) is 11.8 Å². The summed E-state index contributed by atoms with van der Waals surface area (Å²) in [5, 5.41) is 0. The average Bonchev–Trinajstić information content (AvgIpc) is 2.88. The molecule has 0 saturated heterocycles. The molecule has 2 unspecified atom stereocenters. The third-order valence-corrected chi connectivity index (χ3v) is 4.45. The highest BCUT2D eigenvalue weighted by atomic mass is 16.1. The van der Waals surface area contributed by atoms with E-state index in [0.29, 0.717) is 0 Å². The van der Waals surface area contributed by atoms with Gasteiger partial charge in [0.25, 0.3) is 0 Å². The summed E-state index contributed by atoms with van der Waals surface area (Å²) in [7, 11) is 0. The molecule has 0 radical (unpaired) electrons. The van der Waals surface area contributed by atoms with Gasteiger partial charge in [-0.3, -0.25) is 4.79 Å². The van der Waals surface area contributed by atoms with Gasteiger partial charge in [-0.2, -0.15) is 0 Å². The molecule has 0 saturated carbocycles. The highest BCUT2D eigenvalue weighted by Gasteiger charge is 2.40. The number of rotatable bonds is 2. The Morgan fingerprint density at radius 1 is 0.500 bits per heavy atom. The zero-order valence-corrected chi connectivity index (χ0v) is 12.1. The summed E-state index contributed by atoms with van der Waals surface area (Å²) >= 11 is 0. The van der Waals surface area contributed by atoms with Gasteiger partial charge < -0.3 is 0 Å². The molecule has 0 spiro atoms. The summed E-state index contributed by atoms with van der Waals surface area (Å²) in [6, 6.07) is 28.4. The number of carbonyl (C=O) groups excluding carboxylic acids is 1. The summed E-state index contributed by atoms with van der Waals surface area (Å²) in [6.07, 6.45) is 0. The predicted molar refractivity (Wildman–Crippen MR) is 88.0 cm³/mol. The van der Waals surface area contributed by atoms with Gasteiger partial charge in [0.2, 0.25) is 0 Å². The summed E-state index contributed by atoms with van der Waals surface area (Å²) in [6.45, 7) is 0. The van der Waals surface area contributed by atoms with Crippen LogP contribution in [0.5, 0.6) is 0 Å². The zero-order valence-electron chi connectivity index (χ0n) is 12.1. The Balaban J connectivity index is 1.89. The van der Waals surface area contributed by atoms with Gasteiger partial charge in [-0.25, -0.2) is 0 Å². The minimum absolute atomic E-state index is 0.150. The van der Waals surface area contributed by atoms with Gasteiger partial charge in [0.15, 0.2) is 5.78 Å². The van der Waals surface area contributed by atoms with E-state index in [1.807, 2.05) is 72.8 Å². The molecule has 0 heterocycles. The fraction of sp³-hybridized carbons (Fsp3) is 0.0952. The van der Waals surface area contributed by atoms with Crippen LogP contribution in [0.25, 0.3) is 0 Å². The zero-order chi connectivity index (χ0) is 14.9. The van der Waals surface area contributed by atoms with Crippen LogP contribution in [0.3, 0.4) is 0 Å². The van der Waals surface area contributed by atoms with E-state index in [1.54, 1.807) is 0 Å². The number of benzene rings is 3. The predicted octanol–water partition coefficient (Wildman–Crippen LogP) is 4.53. The summed E-state index contributed by atoms with van der Waals surface area (Å²) in [5.74, 6) is -0.0242. The lowest BCUT2D eigenvalue weighted by Gasteiger charge is -2.12. The van der Waals surface area contributed by atoms with E-state index in [4.69, 9.17) is 0 Å². The third-order valence-electron chi connectivity index (χ3n) is 4.45. The molecule has 22 heavy (non-hydrogen) atoms. The lowest BCUT2D eigenvalue weighted by Crippen LogP contribution is -2.13. The number of Topliss-reactive ketones (excluding diaryl/α,β-unsaturated/α-hetero) is 1. The van der Waals surface area contributed by atoms with Crippen molar-refractivity contribution in [2.75, 3.05) is 0 Å². The SMILES string of the molecule is O=C1C(c2ccccc2)c2ccccc2C1c1ccccc1. The maximum Gasteiger partial charge on any atom is 0.156 e. The maximum atomic E-state index is 13.2. The Labute approximate surface area is 130 Å².